The Balaban J connectivity index is 2.10. The molecule has 0 atom stereocenters. The first-order valence-corrected chi connectivity index (χ1v) is 9.55. The van der Waals surface area contributed by atoms with E-state index in [1.807, 2.05) is 24.3 Å². The van der Waals surface area contributed by atoms with Gasteiger partial charge < -0.3 is 14.8 Å². The average Bonchev–Trinajstić information content (AvgIpc) is 2.72. The van der Waals surface area contributed by atoms with E-state index in [1.165, 1.54) is 10.6 Å². The number of amides is 1. The van der Waals surface area contributed by atoms with Crippen LogP contribution in [0.4, 0.5) is 0 Å². The Hall–Kier alpha value is -2.86. The molecule has 0 saturated heterocycles. The minimum atomic E-state index is -0.308. The topological polar surface area (TPSA) is 69.6 Å². The van der Waals surface area contributed by atoms with E-state index in [1.54, 1.807) is 31.5 Å². The molecule has 0 spiro atoms. The third-order valence-corrected chi connectivity index (χ3v) is 4.13. The van der Waals surface area contributed by atoms with E-state index in [9.17, 15) is 9.59 Å². The fourth-order valence-electron chi connectivity index (χ4n) is 2.54. The molecule has 0 aliphatic carbocycles. The van der Waals surface area contributed by atoms with Crippen LogP contribution in [0.1, 0.15) is 31.7 Å². The SMILES string of the molecule is CCCCOCCCNC(=O)C(=Cc1ccc(OC)cc1)n1ccccc1=O. The van der Waals surface area contributed by atoms with Crippen molar-refractivity contribution in [2.45, 2.75) is 26.2 Å². The molecule has 2 rings (SSSR count). The fourth-order valence-corrected chi connectivity index (χ4v) is 2.54. The number of aromatic nitrogens is 1. The zero-order valence-corrected chi connectivity index (χ0v) is 16.5. The number of methoxy groups -OCH3 is 1. The Morgan fingerprint density at radius 2 is 1.86 bits per heavy atom. The molecule has 6 nitrogen and oxygen atoms in total. The van der Waals surface area contributed by atoms with Gasteiger partial charge in [0, 0.05) is 32.0 Å². The van der Waals surface area contributed by atoms with Crippen molar-refractivity contribution in [3.05, 3.63) is 64.6 Å². The summed E-state index contributed by atoms with van der Waals surface area (Å²) in [7, 11) is 1.60. The average molecular weight is 384 g/mol. The number of hydrogen-bond donors (Lipinski definition) is 1. The van der Waals surface area contributed by atoms with Crippen molar-refractivity contribution in [2.24, 2.45) is 0 Å². The van der Waals surface area contributed by atoms with Crippen molar-refractivity contribution in [3.8, 4) is 5.75 Å². The molecule has 1 aromatic heterocycles. The molecule has 0 aliphatic heterocycles. The van der Waals surface area contributed by atoms with Crippen molar-refractivity contribution in [3.63, 3.8) is 0 Å². The van der Waals surface area contributed by atoms with Crippen molar-refractivity contribution in [1.29, 1.82) is 0 Å². The minimum Gasteiger partial charge on any atom is -0.497 e. The molecule has 0 radical (unpaired) electrons. The number of benzene rings is 1. The molecule has 28 heavy (non-hydrogen) atoms. The van der Waals surface area contributed by atoms with Gasteiger partial charge in [-0.05, 0) is 42.7 Å². The van der Waals surface area contributed by atoms with Crippen LogP contribution in [0.2, 0.25) is 0 Å². The summed E-state index contributed by atoms with van der Waals surface area (Å²) in [5.74, 6) is 0.417. The van der Waals surface area contributed by atoms with Crippen LogP contribution in [0.3, 0.4) is 0 Å². The molecule has 0 aliphatic rings. The molecule has 6 heteroatoms. The lowest BCUT2D eigenvalue weighted by Gasteiger charge is -2.12. The molecule has 0 saturated carbocycles. The highest BCUT2D eigenvalue weighted by molar-refractivity contribution is 6.18. The third kappa shape index (κ3) is 6.70. The van der Waals surface area contributed by atoms with Gasteiger partial charge in [-0.25, -0.2) is 0 Å². The Morgan fingerprint density at radius 1 is 1.11 bits per heavy atom. The lowest BCUT2D eigenvalue weighted by Crippen LogP contribution is -2.31. The molecule has 1 amide bonds. The number of nitrogens with zero attached hydrogens (tertiary/aromatic N) is 1. The molecule has 0 bridgehead atoms. The highest BCUT2D eigenvalue weighted by atomic mass is 16.5. The van der Waals surface area contributed by atoms with Gasteiger partial charge in [-0.2, -0.15) is 0 Å². The molecule has 0 unspecified atom stereocenters. The highest BCUT2D eigenvalue weighted by Gasteiger charge is 2.12. The van der Waals surface area contributed by atoms with Gasteiger partial charge in [0.2, 0.25) is 0 Å². The van der Waals surface area contributed by atoms with Crippen molar-refractivity contribution in [2.75, 3.05) is 26.9 Å². The molecular weight excluding hydrogens is 356 g/mol. The lowest BCUT2D eigenvalue weighted by molar-refractivity contribution is -0.116. The van der Waals surface area contributed by atoms with Crippen LogP contribution in [0.25, 0.3) is 11.8 Å². The Labute approximate surface area is 165 Å². The van der Waals surface area contributed by atoms with Crippen LogP contribution >= 0.6 is 0 Å². The van der Waals surface area contributed by atoms with Crippen LogP contribution in [-0.2, 0) is 9.53 Å². The van der Waals surface area contributed by atoms with Crippen molar-refractivity contribution in [1.82, 2.24) is 9.88 Å². The lowest BCUT2D eigenvalue weighted by atomic mass is 10.1. The first-order chi connectivity index (χ1) is 13.7. The van der Waals surface area contributed by atoms with Gasteiger partial charge in [0.15, 0.2) is 0 Å². The molecule has 0 fully saturated rings. The number of ether oxygens (including phenoxy) is 2. The zero-order chi connectivity index (χ0) is 20.2. The van der Waals surface area contributed by atoms with Crippen LogP contribution in [0.5, 0.6) is 5.75 Å². The zero-order valence-electron chi connectivity index (χ0n) is 16.5. The second-order valence-electron chi connectivity index (χ2n) is 6.29. The van der Waals surface area contributed by atoms with E-state index in [0.717, 1.165) is 37.2 Å². The van der Waals surface area contributed by atoms with Gasteiger partial charge in [-0.15, -0.1) is 0 Å². The maximum Gasteiger partial charge on any atom is 0.268 e. The minimum absolute atomic E-state index is 0.264. The van der Waals surface area contributed by atoms with E-state index in [4.69, 9.17) is 9.47 Å². The van der Waals surface area contributed by atoms with Crippen LogP contribution in [0.15, 0.2) is 53.5 Å². The summed E-state index contributed by atoms with van der Waals surface area (Å²) in [4.78, 5) is 25.0. The quantitative estimate of drug-likeness (QED) is 0.477. The summed E-state index contributed by atoms with van der Waals surface area (Å²) in [6, 6.07) is 12.1. The molecule has 2 aromatic rings. The number of carbonyl (C=O) groups excluding carboxylic acids is 1. The Kier molecular flexibility index (Phi) is 9.01. The van der Waals surface area contributed by atoms with Crippen LogP contribution < -0.4 is 15.6 Å². The molecule has 1 N–H and O–H groups in total. The number of pyridine rings is 1. The van der Waals surface area contributed by atoms with E-state index in [2.05, 4.69) is 12.2 Å². The summed E-state index contributed by atoms with van der Waals surface area (Å²) in [5.41, 5.74) is 0.799. The summed E-state index contributed by atoms with van der Waals surface area (Å²) in [6.07, 6.45) is 6.13. The maximum atomic E-state index is 12.8. The van der Waals surface area contributed by atoms with Gasteiger partial charge in [-0.3, -0.25) is 14.2 Å². The Morgan fingerprint density at radius 3 is 2.54 bits per heavy atom. The summed E-state index contributed by atoms with van der Waals surface area (Å²) < 4.78 is 12.0. The number of rotatable bonds is 11. The predicted octanol–water partition coefficient (Wildman–Crippen LogP) is 3.18. The standard InChI is InChI=1S/C22H28N2O4/c1-3-4-15-28-16-7-13-23-22(26)20(24-14-6-5-8-21(24)25)17-18-9-11-19(27-2)12-10-18/h5-6,8-12,14,17H,3-4,7,13,15-16H2,1-2H3,(H,23,26). The highest BCUT2D eigenvalue weighted by Crippen LogP contribution is 2.15. The molecular formula is C22H28N2O4. The second kappa shape index (κ2) is 11.8. The van der Waals surface area contributed by atoms with Gasteiger partial charge in [0.25, 0.3) is 11.5 Å². The van der Waals surface area contributed by atoms with E-state index < -0.39 is 0 Å². The molecule has 1 aromatic carbocycles. The normalized spacial score (nSPS) is 11.3. The summed E-state index contributed by atoms with van der Waals surface area (Å²) in [5, 5.41) is 2.87. The van der Waals surface area contributed by atoms with Gasteiger partial charge in [0.1, 0.15) is 11.4 Å². The van der Waals surface area contributed by atoms with E-state index in [-0.39, 0.29) is 17.2 Å². The van der Waals surface area contributed by atoms with E-state index >= 15 is 0 Å². The van der Waals surface area contributed by atoms with Gasteiger partial charge in [-0.1, -0.05) is 31.5 Å². The number of carbonyl (C=O) groups is 1. The predicted molar refractivity (Wildman–Crippen MR) is 111 cm³/mol. The smallest absolute Gasteiger partial charge is 0.268 e. The van der Waals surface area contributed by atoms with Crippen molar-refractivity contribution < 1.29 is 14.3 Å². The number of unbranched alkanes of at least 4 members (excludes halogenated alkanes) is 1. The van der Waals surface area contributed by atoms with E-state index in [0.29, 0.717) is 13.2 Å². The first kappa shape index (κ1) is 21.4. The van der Waals surface area contributed by atoms with Crippen LogP contribution in [0, 0.1) is 0 Å². The number of hydrogen-bond acceptors (Lipinski definition) is 4. The first-order valence-electron chi connectivity index (χ1n) is 9.55. The Bertz CT molecular complexity index is 825. The summed E-state index contributed by atoms with van der Waals surface area (Å²) >= 11 is 0. The maximum absolute atomic E-state index is 12.8. The number of nitrogens with one attached hydrogen (secondary N) is 1. The van der Waals surface area contributed by atoms with Gasteiger partial charge in [0.05, 0.1) is 7.11 Å². The fraction of sp³-hybridized carbons (Fsp3) is 0.364. The largest absolute Gasteiger partial charge is 0.497 e. The monoisotopic (exact) mass is 384 g/mol. The van der Waals surface area contributed by atoms with Gasteiger partial charge >= 0.3 is 0 Å². The molecule has 150 valence electrons. The summed E-state index contributed by atoms with van der Waals surface area (Å²) in [6.45, 7) is 3.94. The third-order valence-electron chi connectivity index (χ3n) is 4.13. The molecule has 1 heterocycles. The second-order valence-corrected chi connectivity index (χ2v) is 6.29. The van der Waals surface area contributed by atoms with Crippen molar-refractivity contribution >= 4 is 17.7 Å². The van der Waals surface area contributed by atoms with Crippen LogP contribution in [-0.4, -0.2) is 37.3 Å².